The molecule has 1 aliphatic heterocycles. The van der Waals surface area contributed by atoms with Crippen LogP contribution >= 0.6 is 0 Å². The molecule has 6 heteroatoms. The summed E-state index contributed by atoms with van der Waals surface area (Å²) in [6, 6.07) is 9.46. The van der Waals surface area contributed by atoms with E-state index in [1.54, 1.807) is 11.6 Å². The molecule has 0 bridgehead atoms. The molecule has 0 saturated carbocycles. The van der Waals surface area contributed by atoms with Crippen molar-refractivity contribution in [3.63, 3.8) is 0 Å². The van der Waals surface area contributed by atoms with Crippen molar-refractivity contribution in [2.45, 2.75) is 19.2 Å². The minimum atomic E-state index is -0.577. The molecule has 0 saturated heterocycles. The van der Waals surface area contributed by atoms with E-state index in [0.717, 1.165) is 11.4 Å². The number of aliphatic hydroxyl groups is 1. The van der Waals surface area contributed by atoms with E-state index in [-0.39, 0.29) is 6.17 Å². The molecule has 2 atom stereocenters. The lowest BCUT2D eigenvalue weighted by molar-refractivity contribution is 0.192. The second-order valence-corrected chi connectivity index (χ2v) is 4.42. The van der Waals surface area contributed by atoms with Crippen LogP contribution in [0.4, 0.5) is 11.5 Å². The van der Waals surface area contributed by atoms with Gasteiger partial charge in [-0.25, -0.2) is 10.1 Å². The standard InChI is InChI=1S/C12H15N5O/c1-7(18)10-6-11-14-15-12(17(11)16-10)8-3-2-4-9(13)5-8/h2-7,12,14-15,18H,13H2,1H3. The van der Waals surface area contributed by atoms with Crippen LogP contribution in [0.25, 0.3) is 0 Å². The van der Waals surface area contributed by atoms with Crippen molar-refractivity contribution in [2.24, 2.45) is 0 Å². The predicted octanol–water partition coefficient (Wildman–Crippen LogP) is 0.996. The van der Waals surface area contributed by atoms with Crippen LogP contribution in [0, 0.1) is 0 Å². The fourth-order valence-electron chi connectivity index (χ4n) is 2.06. The number of hydrogen-bond donors (Lipinski definition) is 4. The van der Waals surface area contributed by atoms with Gasteiger partial charge in [0, 0.05) is 11.8 Å². The normalized spacial score (nSPS) is 19.3. The number of aliphatic hydroxyl groups excluding tert-OH is 1. The molecular formula is C12H15N5O. The highest BCUT2D eigenvalue weighted by atomic mass is 16.3. The first-order valence-corrected chi connectivity index (χ1v) is 5.79. The molecular weight excluding hydrogens is 230 g/mol. The summed E-state index contributed by atoms with van der Waals surface area (Å²) in [5.41, 5.74) is 14.3. The van der Waals surface area contributed by atoms with Gasteiger partial charge in [-0.1, -0.05) is 12.1 Å². The molecule has 1 aromatic carbocycles. The summed E-state index contributed by atoms with van der Waals surface area (Å²) in [5.74, 6) is 0.832. The first kappa shape index (κ1) is 11.1. The van der Waals surface area contributed by atoms with E-state index < -0.39 is 6.10 Å². The molecule has 1 aromatic heterocycles. The summed E-state index contributed by atoms with van der Waals surface area (Å²) >= 11 is 0. The topological polar surface area (TPSA) is 88.1 Å². The van der Waals surface area contributed by atoms with Gasteiger partial charge in [0.15, 0.2) is 0 Å². The Kier molecular flexibility index (Phi) is 2.46. The van der Waals surface area contributed by atoms with E-state index in [4.69, 9.17) is 5.73 Å². The number of hydrogen-bond acceptors (Lipinski definition) is 5. The Morgan fingerprint density at radius 1 is 1.44 bits per heavy atom. The lowest BCUT2D eigenvalue weighted by Gasteiger charge is -2.12. The number of nitrogens with zero attached hydrogens (tertiary/aromatic N) is 2. The number of anilines is 2. The van der Waals surface area contributed by atoms with Crippen molar-refractivity contribution in [1.82, 2.24) is 15.2 Å². The Labute approximate surface area is 104 Å². The molecule has 0 radical (unpaired) electrons. The second-order valence-electron chi connectivity index (χ2n) is 4.42. The fourth-order valence-corrected chi connectivity index (χ4v) is 2.06. The number of aromatic nitrogens is 2. The highest BCUT2D eigenvalue weighted by Crippen LogP contribution is 2.28. The summed E-state index contributed by atoms with van der Waals surface area (Å²) < 4.78 is 1.80. The molecule has 1 aliphatic rings. The Bertz CT molecular complexity index is 578. The summed E-state index contributed by atoms with van der Waals surface area (Å²) in [6.45, 7) is 1.70. The average molecular weight is 245 g/mol. The Morgan fingerprint density at radius 2 is 2.28 bits per heavy atom. The van der Waals surface area contributed by atoms with Crippen molar-refractivity contribution >= 4 is 11.5 Å². The maximum Gasteiger partial charge on any atom is 0.146 e. The zero-order valence-corrected chi connectivity index (χ0v) is 9.96. The third kappa shape index (κ3) is 1.71. The van der Waals surface area contributed by atoms with Gasteiger partial charge in [0.2, 0.25) is 0 Å². The third-order valence-corrected chi connectivity index (χ3v) is 2.99. The van der Waals surface area contributed by atoms with Crippen LogP contribution in [-0.4, -0.2) is 14.9 Å². The molecule has 6 nitrogen and oxygen atoms in total. The molecule has 0 amide bonds. The van der Waals surface area contributed by atoms with Gasteiger partial charge in [-0.2, -0.15) is 5.10 Å². The van der Waals surface area contributed by atoms with E-state index >= 15 is 0 Å². The van der Waals surface area contributed by atoms with Gasteiger partial charge in [-0.05, 0) is 24.6 Å². The summed E-state index contributed by atoms with van der Waals surface area (Å²) in [4.78, 5) is 0. The van der Waals surface area contributed by atoms with Crippen molar-refractivity contribution in [3.05, 3.63) is 41.6 Å². The van der Waals surface area contributed by atoms with Crippen molar-refractivity contribution in [1.29, 1.82) is 0 Å². The molecule has 2 unspecified atom stereocenters. The fraction of sp³-hybridized carbons (Fsp3) is 0.250. The van der Waals surface area contributed by atoms with Crippen LogP contribution in [0.15, 0.2) is 30.3 Å². The number of benzene rings is 1. The monoisotopic (exact) mass is 245 g/mol. The van der Waals surface area contributed by atoms with Crippen LogP contribution in [0.1, 0.15) is 30.5 Å². The summed E-state index contributed by atoms with van der Waals surface area (Å²) in [5, 5.41) is 13.9. The summed E-state index contributed by atoms with van der Waals surface area (Å²) in [7, 11) is 0. The van der Waals surface area contributed by atoms with Crippen LogP contribution in [-0.2, 0) is 0 Å². The van der Waals surface area contributed by atoms with E-state index in [0.29, 0.717) is 11.4 Å². The Morgan fingerprint density at radius 3 is 3.00 bits per heavy atom. The van der Waals surface area contributed by atoms with Gasteiger partial charge in [0.25, 0.3) is 0 Å². The maximum absolute atomic E-state index is 9.54. The highest BCUT2D eigenvalue weighted by Gasteiger charge is 2.25. The molecule has 18 heavy (non-hydrogen) atoms. The van der Waals surface area contributed by atoms with Gasteiger partial charge >= 0.3 is 0 Å². The minimum absolute atomic E-state index is 0.115. The van der Waals surface area contributed by atoms with Gasteiger partial charge < -0.3 is 16.3 Å². The van der Waals surface area contributed by atoms with E-state index in [1.165, 1.54) is 0 Å². The zero-order chi connectivity index (χ0) is 12.7. The van der Waals surface area contributed by atoms with E-state index in [2.05, 4.69) is 16.0 Å². The van der Waals surface area contributed by atoms with Crippen LogP contribution in [0.5, 0.6) is 0 Å². The molecule has 0 spiro atoms. The molecule has 3 rings (SSSR count). The molecule has 0 aliphatic carbocycles. The third-order valence-electron chi connectivity index (χ3n) is 2.99. The lowest BCUT2D eigenvalue weighted by Crippen LogP contribution is -2.23. The van der Waals surface area contributed by atoms with E-state index in [9.17, 15) is 5.11 Å². The SMILES string of the molecule is CC(O)c1cc2n(n1)C(c1cccc(N)c1)NN2. The molecule has 0 fully saturated rings. The first-order valence-electron chi connectivity index (χ1n) is 5.79. The largest absolute Gasteiger partial charge is 0.399 e. The average Bonchev–Trinajstić information content (AvgIpc) is 2.87. The minimum Gasteiger partial charge on any atom is -0.399 e. The highest BCUT2D eigenvalue weighted by molar-refractivity contribution is 5.46. The number of hydrazine groups is 1. The van der Waals surface area contributed by atoms with Crippen LogP contribution in [0.3, 0.4) is 0 Å². The second kappa shape index (κ2) is 4.01. The van der Waals surface area contributed by atoms with Gasteiger partial charge in [0.05, 0.1) is 11.8 Å². The van der Waals surface area contributed by atoms with Gasteiger partial charge in [-0.15, -0.1) is 0 Å². The molecule has 94 valence electrons. The smallest absolute Gasteiger partial charge is 0.146 e. The number of rotatable bonds is 2. The number of nitrogen functional groups attached to an aromatic ring is 1. The zero-order valence-electron chi connectivity index (χ0n) is 9.96. The number of nitrogens with two attached hydrogens (primary N) is 1. The van der Waals surface area contributed by atoms with E-state index in [1.807, 2.05) is 30.3 Å². The van der Waals surface area contributed by atoms with Crippen LogP contribution in [0.2, 0.25) is 0 Å². The lowest BCUT2D eigenvalue weighted by atomic mass is 10.1. The first-order chi connectivity index (χ1) is 8.65. The summed E-state index contributed by atoms with van der Waals surface area (Å²) in [6.07, 6.45) is -0.692. The maximum atomic E-state index is 9.54. The predicted molar refractivity (Wildman–Crippen MR) is 68.6 cm³/mol. The van der Waals surface area contributed by atoms with Crippen LogP contribution < -0.4 is 16.6 Å². The molecule has 5 N–H and O–H groups in total. The Balaban J connectivity index is 1.99. The van der Waals surface area contributed by atoms with Crippen molar-refractivity contribution < 1.29 is 5.11 Å². The Hall–Kier alpha value is -2.05. The number of nitrogens with one attached hydrogen (secondary N) is 2. The molecule has 2 aromatic rings. The molecule has 2 heterocycles. The van der Waals surface area contributed by atoms with Gasteiger partial charge in [-0.3, -0.25) is 0 Å². The van der Waals surface area contributed by atoms with Crippen molar-refractivity contribution in [2.75, 3.05) is 11.2 Å². The van der Waals surface area contributed by atoms with Crippen molar-refractivity contribution in [3.8, 4) is 0 Å². The van der Waals surface area contributed by atoms with Gasteiger partial charge in [0.1, 0.15) is 12.0 Å². The quantitative estimate of drug-likeness (QED) is 0.593. The number of fused-ring (bicyclic) bond motifs is 1.